The van der Waals surface area contributed by atoms with E-state index in [1.54, 1.807) is 7.11 Å². The molecule has 0 aliphatic heterocycles. The number of fused-ring (bicyclic) bond motifs is 1. The van der Waals surface area contributed by atoms with Crippen molar-refractivity contribution in [1.29, 1.82) is 0 Å². The van der Waals surface area contributed by atoms with Gasteiger partial charge in [0.05, 0.1) is 12.1 Å². The monoisotopic (exact) mass is 303 g/mol. The Hall–Kier alpha value is -2.61. The van der Waals surface area contributed by atoms with Crippen LogP contribution in [-0.2, 0) is 17.9 Å². The van der Waals surface area contributed by atoms with Gasteiger partial charge in [0.25, 0.3) is 0 Å². The third kappa shape index (κ3) is 2.86. The number of anilines is 1. The Morgan fingerprint density at radius 3 is 2.95 bits per heavy atom. The van der Waals surface area contributed by atoms with Crippen molar-refractivity contribution in [2.24, 2.45) is 0 Å². The fourth-order valence-electron chi connectivity index (χ4n) is 2.19. The number of nitrogens with two attached hydrogens (primary N) is 1. The molecule has 0 aliphatic carbocycles. The Bertz CT molecular complexity index is 780. The molecule has 3 heterocycles. The normalized spacial score (nSPS) is 11.2. The zero-order valence-corrected chi connectivity index (χ0v) is 12.4. The van der Waals surface area contributed by atoms with Crippen LogP contribution in [0.2, 0.25) is 0 Å². The topological polar surface area (TPSA) is 101 Å². The minimum Gasteiger partial charge on any atom is -0.469 e. The highest BCUT2D eigenvalue weighted by Gasteiger charge is 2.13. The molecule has 116 valence electrons. The van der Waals surface area contributed by atoms with Gasteiger partial charge < -0.3 is 24.3 Å². The van der Waals surface area contributed by atoms with Crippen LogP contribution in [0.4, 0.5) is 5.95 Å². The molecular formula is C14H17N5O3. The molecule has 0 aromatic carbocycles. The van der Waals surface area contributed by atoms with Gasteiger partial charge in [0.2, 0.25) is 11.8 Å². The van der Waals surface area contributed by atoms with Crippen molar-refractivity contribution >= 4 is 17.0 Å². The van der Waals surface area contributed by atoms with E-state index in [0.29, 0.717) is 24.7 Å². The van der Waals surface area contributed by atoms with Gasteiger partial charge in [0.15, 0.2) is 0 Å². The summed E-state index contributed by atoms with van der Waals surface area (Å²) in [6.07, 6.45) is 1.91. The molecule has 0 amide bonds. The predicted molar refractivity (Wildman–Crippen MR) is 79.4 cm³/mol. The number of hydrogen-bond acceptors (Lipinski definition) is 7. The fraction of sp³-hybridized carbons (Fsp3) is 0.357. The highest BCUT2D eigenvalue weighted by Crippen LogP contribution is 2.25. The Balaban J connectivity index is 1.90. The first kappa shape index (κ1) is 14.3. The van der Waals surface area contributed by atoms with E-state index in [1.807, 2.05) is 29.8 Å². The third-order valence-corrected chi connectivity index (χ3v) is 3.17. The van der Waals surface area contributed by atoms with Crippen LogP contribution < -0.4 is 10.5 Å². The summed E-state index contributed by atoms with van der Waals surface area (Å²) in [6, 6.07) is 3.68. The maximum atomic E-state index is 5.76. The molecule has 0 atom stereocenters. The van der Waals surface area contributed by atoms with Gasteiger partial charge in [-0.2, -0.15) is 4.98 Å². The largest absolute Gasteiger partial charge is 0.469 e. The molecular weight excluding hydrogens is 286 g/mol. The molecule has 0 fully saturated rings. The van der Waals surface area contributed by atoms with E-state index >= 15 is 0 Å². The number of nitrogens with zero attached hydrogens (tertiary/aromatic N) is 4. The van der Waals surface area contributed by atoms with Crippen LogP contribution in [0.25, 0.3) is 11.0 Å². The van der Waals surface area contributed by atoms with Gasteiger partial charge in [-0.05, 0) is 13.0 Å². The van der Waals surface area contributed by atoms with E-state index in [2.05, 4.69) is 15.1 Å². The number of ether oxygens (including phenoxy) is 2. The Morgan fingerprint density at radius 1 is 1.36 bits per heavy atom. The SMILES string of the molecule is COCCn1ccc2nc(N)nc(OCc3cc(C)on3)c21. The predicted octanol–water partition coefficient (Wildman–Crippen LogP) is 1.54. The molecule has 0 spiro atoms. The lowest BCUT2D eigenvalue weighted by atomic mass is 10.4. The van der Waals surface area contributed by atoms with Crippen molar-refractivity contribution in [3.05, 3.63) is 29.8 Å². The van der Waals surface area contributed by atoms with Gasteiger partial charge in [-0.3, -0.25) is 0 Å². The van der Waals surface area contributed by atoms with Crippen molar-refractivity contribution in [2.45, 2.75) is 20.1 Å². The van der Waals surface area contributed by atoms with Gasteiger partial charge in [-0.15, -0.1) is 0 Å². The zero-order chi connectivity index (χ0) is 15.5. The maximum Gasteiger partial charge on any atom is 0.243 e. The van der Waals surface area contributed by atoms with Gasteiger partial charge in [-0.1, -0.05) is 5.16 Å². The number of hydrogen-bond donors (Lipinski definition) is 1. The summed E-state index contributed by atoms with van der Waals surface area (Å²) in [7, 11) is 1.66. The molecule has 3 aromatic heterocycles. The van der Waals surface area contributed by atoms with Crippen LogP contribution in [-0.4, -0.2) is 33.4 Å². The summed E-state index contributed by atoms with van der Waals surface area (Å²) in [5.41, 5.74) is 7.94. The minimum atomic E-state index is 0.170. The molecule has 8 nitrogen and oxygen atoms in total. The number of aryl methyl sites for hydroxylation is 1. The van der Waals surface area contributed by atoms with E-state index in [-0.39, 0.29) is 12.6 Å². The van der Waals surface area contributed by atoms with Crippen molar-refractivity contribution in [1.82, 2.24) is 19.7 Å². The lowest BCUT2D eigenvalue weighted by molar-refractivity contribution is 0.188. The Kier molecular flexibility index (Phi) is 3.92. The van der Waals surface area contributed by atoms with Crippen molar-refractivity contribution in [3.63, 3.8) is 0 Å². The third-order valence-electron chi connectivity index (χ3n) is 3.17. The highest BCUT2D eigenvalue weighted by atomic mass is 16.5. The number of methoxy groups -OCH3 is 1. The summed E-state index contributed by atoms with van der Waals surface area (Å²) in [4.78, 5) is 8.40. The van der Waals surface area contributed by atoms with Gasteiger partial charge in [-0.25, -0.2) is 4.98 Å². The van der Waals surface area contributed by atoms with Gasteiger partial charge >= 0.3 is 0 Å². The second-order valence-corrected chi connectivity index (χ2v) is 4.84. The fourth-order valence-corrected chi connectivity index (χ4v) is 2.19. The summed E-state index contributed by atoms with van der Waals surface area (Å²) < 4.78 is 17.9. The molecule has 0 aliphatic rings. The second-order valence-electron chi connectivity index (χ2n) is 4.84. The molecule has 0 saturated heterocycles. The average molecular weight is 303 g/mol. The van der Waals surface area contributed by atoms with E-state index in [9.17, 15) is 0 Å². The van der Waals surface area contributed by atoms with Crippen LogP contribution in [0.3, 0.4) is 0 Å². The number of aromatic nitrogens is 4. The molecule has 0 unspecified atom stereocenters. The van der Waals surface area contributed by atoms with Crippen LogP contribution in [0.5, 0.6) is 5.88 Å². The molecule has 0 radical (unpaired) electrons. The summed E-state index contributed by atoms with van der Waals surface area (Å²) in [5.74, 6) is 1.32. The summed E-state index contributed by atoms with van der Waals surface area (Å²) in [6.45, 7) is 3.33. The first-order valence-corrected chi connectivity index (χ1v) is 6.83. The number of nitrogen functional groups attached to an aromatic ring is 1. The summed E-state index contributed by atoms with van der Waals surface area (Å²) in [5, 5.41) is 3.89. The number of rotatable bonds is 6. The summed E-state index contributed by atoms with van der Waals surface area (Å²) >= 11 is 0. The average Bonchev–Trinajstić information content (AvgIpc) is 3.08. The molecule has 3 rings (SSSR count). The van der Waals surface area contributed by atoms with Gasteiger partial charge in [0, 0.05) is 25.9 Å². The van der Waals surface area contributed by atoms with Crippen molar-refractivity contribution in [3.8, 4) is 5.88 Å². The minimum absolute atomic E-state index is 0.170. The Labute approximate surface area is 126 Å². The van der Waals surface area contributed by atoms with Crippen molar-refractivity contribution in [2.75, 3.05) is 19.5 Å². The van der Waals surface area contributed by atoms with Gasteiger partial charge in [0.1, 0.15) is 23.6 Å². The first-order valence-electron chi connectivity index (χ1n) is 6.83. The molecule has 2 N–H and O–H groups in total. The first-order chi connectivity index (χ1) is 10.7. The van der Waals surface area contributed by atoms with E-state index in [1.165, 1.54) is 0 Å². The quantitative estimate of drug-likeness (QED) is 0.736. The highest BCUT2D eigenvalue weighted by molar-refractivity contribution is 5.81. The molecule has 8 heteroatoms. The van der Waals surface area contributed by atoms with Crippen LogP contribution >= 0.6 is 0 Å². The lowest BCUT2D eigenvalue weighted by Gasteiger charge is -2.09. The van der Waals surface area contributed by atoms with E-state index in [4.69, 9.17) is 19.7 Å². The second kappa shape index (κ2) is 6.02. The van der Waals surface area contributed by atoms with E-state index < -0.39 is 0 Å². The molecule has 0 bridgehead atoms. The van der Waals surface area contributed by atoms with Crippen LogP contribution in [0.15, 0.2) is 22.9 Å². The maximum absolute atomic E-state index is 5.76. The van der Waals surface area contributed by atoms with Crippen LogP contribution in [0.1, 0.15) is 11.5 Å². The van der Waals surface area contributed by atoms with Crippen molar-refractivity contribution < 1.29 is 14.0 Å². The lowest BCUT2D eigenvalue weighted by Crippen LogP contribution is -2.07. The molecule has 0 saturated carbocycles. The van der Waals surface area contributed by atoms with Crippen LogP contribution in [0, 0.1) is 6.92 Å². The molecule has 22 heavy (non-hydrogen) atoms. The van der Waals surface area contributed by atoms with E-state index in [0.717, 1.165) is 16.8 Å². The zero-order valence-electron chi connectivity index (χ0n) is 12.4. The smallest absolute Gasteiger partial charge is 0.243 e. The Morgan fingerprint density at radius 2 is 2.23 bits per heavy atom. The standard InChI is InChI=1S/C14H17N5O3/c1-9-7-10(18-22-9)8-21-13-12-11(16-14(15)17-13)3-4-19(12)5-6-20-2/h3-4,7H,5-6,8H2,1-2H3,(H2,15,16,17). The molecule has 3 aromatic rings.